The lowest BCUT2D eigenvalue weighted by Gasteiger charge is -2.13. The molecular formula is C48H32N2O. The van der Waals surface area contributed by atoms with E-state index in [2.05, 4.69) is 159 Å². The molecule has 0 atom stereocenters. The third kappa shape index (κ3) is 4.97. The molecule has 240 valence electrons. The van der Waals surface area contributed by atoms with Gasteiger partial charge in [-0.15, -0.1) is 0 Å². The second kappa shape index (κ2) is 11.8. The number of fused-ring (bicyclic) bond motifs is 6. The molecule has 0 saturated carbocycles. The number of benzene rings is 8. The fourth-order valence-corrected chi connectivity index (χ4v) is 7.76. The number of allylic oxidation sites excluding steroid dienone is 1. The van der Waals surface area contributed by atoms with Gasteiger partial charge in [0.25, 0.3) is 0 Å². The van der Waals surface area contributed by atoms with Gasteiger partial charge in [-0.3, -0.25) is 0 Å². The van der Waals surface area contributed by atoms with Crippen LogP contribution in [0.3, 0.4) is 0 Å². The van der Waals surface area contributed by atoms with Crippen LogP contribution in [0.1, 0.15) is 30.0 Å². The first-order valence-electron chi connectivity index (χ1n) is 17.4. The van der Waals surface area contributed by atoms with Crippen molar-refractivity contribution < 1.29 is 4.42 Å². The second-order valence-corrected chi connectivity index (χ2v) is 13.4. The SMILES string of the molecule is CC1=C(c2ccc3ccccc3c2)N=C(c2ccc(-c3cccc4oc5ccccc5c34)c3ccccc23)N=C(c2ccc3ccccc3c2)C1. The van der Waals surface area contributed by atoms with Crippen molar-refractivity contribution in [2.24, 2.45) is 9.98 Å². The molecule has 0 bridgehead atoms. The molecule has 0 saturated heterocycles. The molecule has 1 aliphatic heterocycles. The monoisotopic (exact) mass is 652 g/mol. The van der Waals surface area contributed by atoms with Gasteiger partial charge in [0.15, 0.2) is 5.84 Å². The van der Waals surface area contributed by atoms with E-state index in [1.165, 1.54) is 27.1 Å². The molecule has 8 aromatic carbocycles. The summed E-state index contributed by atoms with van der Waals surface area (Å²) in [5.74, 6) is 0.716. The molecule has 0 fully saturated rings. The van der Waals surface area contributed by atoms with Gasteiger partial charge in [-0.1, -0.05) is 133 Å². The summed E-state index contributed by atoms with van der Waals surface area (Å²) >= 11 is 0. The number of furan rings is 1. The van der Waals surface area contributed by atoms with Crippen LogP contribution < -0.4 is 0 Å². The zero-order chi connectivity index (χ0) is 33.9. The van der Waals surface area contributed by atoms with Crippen molar-refractivity contribution in [1.29, 1.82) is 0 Å². The Kier molecular flexibility index (Phi) is 6.78. The normalized spacial score (nSPS) is 13.7. The van der Waals surface area contributed by atoms with E-state index in [4.69, 9.17) is 14.4 Å². The Labute approximate surface area is 295 Å². The third-order valence-electron chi connectivity index (χ3n) is 10.3. The summed E-state index contributed by atoms with van der Waals surface area (Å²) in [5.41, 5.74) is 10.5. The summed E-state index contributed by atoms with van der Waals surface area (Å²) in [5, 5.41) is 9.34. The predicted octanol–water partition coefficient (Wildman–Crippen LogP) is 12.8. The Morgan fingerprint density at radius 2 is 1.04 bits per heavy atom. The molecule has 0 unspecified atom stereocenters. The summed E-state index contributed by atoms with van der Waals surface area (Å²) in [6.45, 7) is 2.20. The molecule has 3 heteroatoms. The molecule has 0 amide bonds. The number of hydrogen-bond acceptors (Lipinski definition) is 3. The van der Waals surface area contributed by atoms with E-state index in [1.54, 1.807) is 0 Å². The lowest BCUT2D eigenvalue weighted by atomic mass is 9.92. The van der Waals surface area contributed by atoms with Gasteiger partial charge in [0.1, 0.15) is 11.2 Å². The van der Waals surface area contributed by atoms with Crippen LogP contribution in [0.5, 0.6) is 0 Å². The standard InChI is InChI=1S/C48H32N2O/c1-30-27-43(35-23-21-31-11-2-4-13-33(31)28-35)49-48(50-47(30)36-24-22-32-12-3-5-14-34(32)29-36)41-26-25-39(37-15-6-7-16-38(37)41)40-18-10-20-45-46(40)42-17-8-9-19-44(42)51-45/h2-26,28-29H,27H2,1H3. The number of nitrogens with zero attached hydrogens (tertiary/aromatic N) is 2. The lowest BCUT2D eigenvalue weighted by molar-refractivity contribution is 0.669. The first-order chi connectivity index (χ1) is 25.2. The number of rotatable bonds is 4. The van der Waals surface area contributed by atoms with Crippen molar-refractivity contribution in [2.75, 3.05) is 0 Å². The summed E-state index contributed by atoms with van der Waals surface area (Å²) < 4.78 is 6.29. The number of hydrogen-bond donors (Lipinski definition) is 0. The van der Waals surface area contributed by atoms with Crippen molar-refractivity contribution in [3.05, 3.63) is 186 Å². The maximum Gasteiger partial charge on any atom is 0.160 e. The van der Waals surface area contributed by atoms with Gasteiger partial charge in [0, 0.05) is 28.3 Å². The van der Waals surface area contributed by atoms with Crippen LogP contribution in [0.15, 0.2) is 184 Å². The minimum Gasteiger partial charge on any atom is -0.456 e. The highest BCUT2D eigenvalue weighted by Gasteiger charge is 2.21. The molecule has 3 nitrogen and oxygen atoms in total. The number of amidine groups is 1. The number of para-hydroxylation sites is 1. The minimum atomic E-state index is 0.694. The van der Waals surface area contributed by atoms with Gasteiger partial charge >= 0.3 is 0 Å². The molecule has 0 aliphatic carbocycles. The molecule has 1 aromatic heterocycles. The summed E-state index contributed by atoms with van der Waals surface area (Å²) in [6.07, 6.45) is 0.694. The maximum atomic E-state index is 6.29. The Morgan fingerprint density at radius 3 is 1.80 bits per heavy atom. The van der Waals surface area contributed by atoms with E-state index in [0.717, 1.165) is 71.9 Å². The van der Waals surface area contributed by atoms with E-state index in [1.807, 2.05) is 12.1 Å². The largest absolute Gasteiger partial charge is 0.456 e. The second-order valence-electron chi connectivity index (χ2n) is 13.4. The smallest absolute Gasteiger partial charge is 0.160 e. The molecule has 51 heavy (non-hydrogen) atoms. The minimum absolute atomic E-state index is 0.694. The Hall–Kier alpha value is -6.58. The van der Waals surface area contributed by atoms with Crippen LogP contribution in [-0.2, 0) is 0 Å². The molecule has 0 spiro atoms. The highest BCUT2D eigenvalue weighted by molar-refractivity contribution is 6.22. The van der Waals surface area contributed by atoms with Crippen LogP contribution in [0.25, 0.3) is 71.1 Å². The summed E-state index contributed by atoms with van der Waals surface area (Å²) in [7, 11) is 0. The van der Waals surface area contributed by atoms with E-state index in [0.29, 0.717) is 12.3 Å². The van der Waals surface area contributed by atoms with Crippen LogP contribution in [0.2, 0.25) is 0 Å². The lowest BCUT2D eigenvalue weighted by Crippen LogP contribution is -2.06. The molecule has 0 radical (unpaired) electrons. The molecular weight excluding hydrogens is 621 g/mol. The highest BCUT2D eigenvalue weighted by Crippen LogP contribution is 2.40. The van der Waals surface area contributed by atoms with Gasteiger partial charge in [0.05, 0.1) is 11.4 Å². The quantitative estimate of drug-likeness (QED) is 0.186. The topological polar surface area (TPSA) is 37.9 Å². The van der Waals surface area contributed by atoms with Gasteiger partial charge in [0.2, 0.25) is 0 Å². The average Bonchev–Trinajstić information content (AvgIpc) is 3.48. The van der Waals surface area contributed by atoms with Crippen molar-refractivity contribution in [2.45, 2.75) is 13.3 Å². The van der Waals surface area contributed by atoms with Crippen molar-refractivity contribution in [3.8, 4) is 11.1 Å². The van der Waals surface area contributed by atoms with E-state index in [-0.39, 0.29) is 0 Å². The average molecular weight is 653 g/mol. The third-order valence-corrected chi connectivity index (χ3v) is 10.3. The molecule has 1 aliphatic rings. The Morgan fingerprint density at radius 1 is 0.451 bits per heavy atom. The first kappa shape index (κ1) is 29.3. The maximum absolute atomic E-state index is 6.29. The van der Waals surface area contributed by atoms with Gasteiger partial charge < -0.3 is 4.42 Å². The van der Waals surface area contributed by atoms with Crippen molar-refractivity contribution in [3.63, 3.8) is 0 Å². The van der Waals surface area contributed by atoms with Gasteiger partial charge in [-0.2, -0.15) is 0 Å². The molecule has 9 aromatic rings. The summed E-state index contributed by atoms with van der Waals surface area (Å²) in [6, 6.07) is 58.0. The molecule has 10 rings (SSSR count). The molecule has 0 N–H and O–H groups in total. The van der Waals surface area contributed by atoms with Crippen LogP contribution in [-0.4, -0.2) is 11.5 Å². The zero-order valence-corrected chi connectivity index (χ0v) is 28.1. The van der Waals surface area contributed by atoms with E-state index < -0.39 is 0 Å². The summed E-state index contributed by atoms with van der Waals surface area (Å²) in [4.78, 5) is 10.9. The van der Waals surface area contributed by atoms with Crippen LogP contribution in [0, 0.1) is 0 Å². The van der Waals surface area contributed by atoms with E-state index >= 15 is 0 Å². The Bertz CT molecular complexity index is 2960. The zero-order valence-electron chi connectivity index (χ0n) is 28.1. The van der Waals surface area contributed by atoms with Gasteiger partial charge in [-0.25, -0.2) is 9.98 Å². The number of aliphatic imine (C=N–C) groups is 2. The molecule has 2 heterocycles. The predicted molar refractivity (Wildman–Crippen MR) is 215 cm³/mol. The Balaban J connectivity index is 1.20. The first-order valence-corrected chi connectivity index (χ1v) is 17.4. The van der Waals surface area contributed by atoms with E-state index in [9.17, 15) is 0 Å². The van der Waals surface area contributed by atoms with Crippen molar-refractivity contribution in [1.82, 2.24) is 0 Å². The fourth-order valence-electron chi connectivity index (χ4n) is 7.76. The highest BCUT2D eigenvalue weighted by atomic mass is 16.3. The van der Waals surface area contributed by atoms with Crippen molar-refractivity contribution >= 4 is 71.5 Å². The van der Waals surface area contributed by atoms with Crippen LogP contribution >= 0.6 is 0 Å². The fraction of sp³-hybridized carbons (Fsp3) is 0.0417. The van der Waals surface area contributed by atoms with Gasteiger partial charge in [-0.05, 0) is 91.8 Å². The van der Waals surface area contributed by atoms with Crippen LogP contribution in [0.4, 0.5) is 0 Å².